The highest BCUT2D eigenvalue weighted by Gasteiger charge is 2.20. The van der Waals surface area contributed by atoms with Gasteiger partial charge in [-0.25, -0.2) is 19.1 Å². The molecule has 0 saturated heterocycles. The molecule has 8 heteroatoms. The van der Waals surface area contributed by atoms with Gasteiger partial charge in [0.1, 0.15) is 0 Å². The van der Waals surface area contributed by atoms with Gasteiger partial charge in [0.15, 0.2) is 5.78 Å². The number of aromatic nitrogens is 2. The number of fused-ring (bicyclic) bond motifs is 1. The van der Waals surface area contributed by atoms with Gasteiger partial charge in [0.05, 0.1) is 25.3 Å². The number of amides is 1. The van der Waals surface area contributed by atoms with Gasteiger partial charge in [-0.05, 0) is 18.2 Å². The third-order valence-corrected chi connectivity index (χ3v) is 3.71. The number of carbonyl (C=O) groups is 3. The number of rotatable bonds is 3. The summed E-state index contributed by atoms with van der Waals surface area (Å²) in [5.41, 5.74) is 1.67. The van der Waals surface area contributed by atoms with Crippen molar-refractivity contribution in [2.75, 3.05) is 19.5 Å². The lowest BCUT2D eigenvalue weighted by atomic mass is 10.0. The molecule has 0 aliphatic rings. The Kier molecular flexibility index (Phi) is 4.66. The zero-order valence-corrected chi connectivity index (χ0v) is 14.1. The molecule has 0 radical (unpaired) electrons. The molecule has 3 aromatic rings. The van der Waals surface area contributed by atoms with Crippen LogP contribution in [0.1, 0.15) is 15.9 Å². The van der Waals surface area contributed by atoms with E-state index in [-0.39, 0.29) is 11.7 Å². The molecule has 0 aliphatic heterocycles. The molecule has 0 unspecified atom stereocenters. The first kappa shape index (κ1) is 17.2. The molecule has 1 N–H and O–H groups in total. The number of hydrogen-bond acceptors (Lipinski definition) is 6. The summed E-state index contributed by atoms with van der Waals surface area (Å²) < 4.78 is 10.3. The maximum absolute atomic E-state index is 12.6. The predicted molar refractivity (Wildman–Crippen MR) is 93.4 cm³/mol. The number of hydrogen-bond donors (Lipinski definition) is 1. The van der Waals surface area contributed by atoms with Crippen molar-refractivity contribution in [1.82, 2.24) is 9.55 Å². The first-order chi connectivity index (χ1) is 12.5. The number of carbonyl (C=O) groups excluding carboxylic acids is 3. The van der Waals surface area contributed by atoms with E-state index in [1.807, 2.05) is 6.07 Å². The smallest absolute Gasteiger partial charge is 0.421 e. The highest BCUT2D eigenvalue weighted by molar-refractivity contribution is 6.10. The SMILES string of the molecule is COC(=O)Nc1nc2cc(C(=O)c3ccccc3)ccc2n1C(=O)OC. The topological polar surface area (TPSA) is 99.5 Å². The second kappa shape index (κ2) is 7.06. The molecule has 0 atom stereocenters. The Morgan fingerprint density at radius 1 is 0.962 bits per heavy atom. The van der Waals surface area contributed by atoms with Crippen LogP contribution in [0.25, 0.3) is 11.0 Å². The molecule has 132 valence electrons. The second-order valence-corrected chi connectivity index (χ2v) is 5.26. The van der Waals surface area contributed by atoms with Crippen LogP contribution in [-0.4, -0.2) is 41.7 Å². The van der Waals surface area contributed by atoms with Gasteiger partial charge in [0.25, 0.3) is 0 Å². The Hall–Kier alpha value is -3.68. The van der Waals surface area contributed by atoms with Gasteiger partial charge in [0.2, 0.25) is 5.95 Å². The zero-order valence-electron chi connectivity index (χ0n) is 14.1. The van der Waals surface area contributed by atoms with Crippen molar-refractivity contribution in [3.63, 3.8) is 0 Å². The average Bonchev–Trinajstić information content (AvgIpc) is 3.04. The fourth-order valence-electron chi connectivity index (χ4n) is 2.48. The molecular weight excluding hydrogens is 338 g/mol. The first-order valence-corrected chi connectivity index (χ1v) is 7.60. The lowest BCUT2D eigenvalue weighted by Crippen LogP contribution is -2.19. The number of anilines is 1. The molecule has 1 heterocycles. The minimum Gasteiger partial charge on any atom is -0.453 e. The van der Waals surface area contributed by atoms with Crippen molar-refractivity contribution in [3.8, 4) is 0 Å². The van der Waals surface area contributed by atoms with Crippen LogP contribution in [0.15, 0.2) is 48.5 Å². The highest BCUT2D eigenvalue weighted by Crippen LogP contribution is 2.23. The van der Waals surface area contributed by atoms with Crippen LogP contribution in [0, 0.1) is 0 Å². The van der Waals surface area contributed by atoms with Gasteiger partial charge in [-0.1, -0.05) is 30.3 Å². The fourth-order valence-corrected chi connectivity index (χ4v) is 2.48. The van der Waals surface area contributed by atoms with Crippen LogP contribution in [0.2, 0.25) is 0 Å². The van der Waals surface area contributed by atoms with Crippen molar-refractivity contribution in [2.45, 2.75) is 0 Å². The lowest BCUT2D eigenvalue weighted by Gasteiger charge is -2.06. The van der Waals surface area contributed by atoms with Crippen molar-refractivity contribution in [3.05, 3.63) is 59.7 Å². The van der Waals surface area contributed by atoms with E-state index in [4.69, 9.17) is 4.74 Å². The van der Waals surface area contributed by atoms with Gasteiger partial charge in [0, 0.05) is 11.1 Å². The van der Waals surface area contributed by atoms with Crippen molar-refractivity contribution < 1.29 is 23.9 Å². The summed E-state index contributed by atoms with van der Waals surface area (Å²) in [6.45, 7) is 0. The molecule has 26 heavy (non-hydrogen) atoms. The van der Waals surface area contributed by atoms with Crippen LogP contribution >= 0.6 is 0 Å². The summed E-state index contributed by atoms with van der Waals surface area (Å²) >= 11 is 0. The number of nitrogens with one attached hydrogen (secondary N) is 1. The van der Waals surface area contributed by atoms with Crippen LogP contribution < -0.4 is 5.32 Å². The Morgan fingerprint density at radius 3 is 2.35 bits per heavy atom. The van der Waals surface area contributed by atoms with Gasteiger partial charge in [-0.15, -0.1) is 0 Å². The van der Waals surface area contributed by atoms with E-state index < -0.39 is 12.2 Å². The number of imidazole rings is 1. The summed E-state index contributed by atoms with van der Waals surface area (Å²) in [5.74, 6) is -0.245. The summed E-state index contributed by atoms with van der Waals surface area (Å²) in [4.78, 5) is 40.3. The molecule has 1 amide bonds. The molecule has 0 aliphatic carbocycles. The predicted octanol–water partition coefficient (Wildman–Crippen LogP) is 3.06. The van der Waals surface area contributed by atoms with Crippen LogP contribution in [0.4, 0.5) is 15.5 Å². The maximum atomic E-state index is 12.6. The van der Waals surface area contributed by atoms with Crippen LogP contribution in [0.5, 0.6) is 0 Å². The summed E-state index contributed by atoms with van der Waals surface area (Å²) in [7, 11) is 2.40. The summed E-state index contributed by atoms with van der Waals surface area (Å²) in [6, 6.07) is 13.5. The van der Waals surface area contributed by atoms with E-state index in [9.17, 15) is 14.4 Å². The normalized spacial score (nSPS) is 10.4. The highest BCUT2D eigenvalue weighted by atomic mass is 16.5. The molecular formula is C18H15N3O5. The van der Waals surface area contributed by atoms with Gasteiger partial charge >= 0.3 is 12.2 Å². The Labute approximate surface area is 148 Å². The van der Waals surface area contributed by atoms with E-state index in [2.05, 4.69) is 15.0 Å². The Bertz CT molecular complexity index is 995. The molecule has 1 aromatic heterocycles. The van der Waals surface area contributed by atoms with Crippen molar-refractivity contribution in [1.29, 1.82) is 0 Å². The number of ketones is 1. The molecule has 0 bridgehead atoms. The van der Waals surface area contributed by atoms with Crippen LogP contribution in [0.3, 0.4) is 0 Å². The van der Waals surface area contributed by atoms with E-state index in [0.717, 1.165) is 4.57 Å². The second-order valence-electron chi connectivity index (χ2n) is 5.26. The molecule has 0 spiro atoms. The fraction of sp³-hybridized carbons (Fsp3) is 0.111. The summed E-state index contributed by atoms with van der Waals surface area (Å²) in [6.07, 6.45) is -1.52. The quantitative estimate of drug-likeness (QED) is 0.727. The van der Waals surface area contributed by atoms with Gasteiger partial charge in [-0.2, -0.15) is 0 Å². The van der Waals surface area contributed by atoms with E-state index in [0.29, 0.717) is 22.2 Å². The Balaban J connectivity index is 2.08. The van der Waals surface area contributed by atoms with Crippen LogP contribution in [-0.2, 0) is 9.47 Å². The third kappa shape index (κ3) is 3.12. The molecule has 0 saturated carbocycles. The molecule has 8 nitrogen and oxygen atoms in total. The molecule has 0 fully saturated rings. The lowest BCUT2D eigenvalue weighted by molar-refractivity contribution is 0.103. The molecule has 3 rings (SSSR count). The largest absolute Gasteiger partial charge is 0.453 e. The van der Waals surface area contributed by atoms with E-state index >= 15 is 0 Å². The number of nitrogens with zero attached hydrogens (tertiary/aromatic N) is 2. The number of ether oxygens (including phenoxy) is 2. The standard InChI is InChI=1S/C18H15N3O5/c1-25-17(23)20-16-19-13-10-12(15(22)11-6-4-3-5-7-11)8-9-14(13)21(16)18(24)26-2/h3-10H,1-2H3,(H,19,20,23). The van der Waals surface area contributed by atoms with E-state index in [1.165, 1.54) is 14.2 Å². The monoisotopic (exact) mass is 353 g/mol. The minimum atomic E-state index is -0.786. The zero-order chi connectivity index (χ0) is 18.7. The van der Waals surface area contributed by atoms with Gasteiger partial charge < -0.3 is 9.47 Å². The van der Waals surface area contributed by atoms with Gasteiger partial charge in [-0.3, -0.25) is 10.1 Å². The first-order valence-electron chi connectivity index (χ1n) is 7.60. The maximum Gasteiger partial charge on any atom is 0.421 e. The number of benzene rings is 2. The van der Waals surface area contributed by atoms with Crippen molar-refractivity contribution in [2.24, 2.45) is 0 Å². The van der Waals surface area contributed by atoms with Crippen molar-refractivity contribution >= 4 is 35.0 Å². The molecule has 2 aromatic carbocycles. The summed E-state index contributed by atoms with van der Waals surface area (Å²) in [5, 5.41) is 2.35. The average molecular weight is 353 g/mol. The number of methoxy groups -OCH3 is 2. The Morgan fingerprint density at radius 2 is 1.69 bits per heavy atom. The third-order valence-electron chi connectivity index (χ3n) is 3.71. The minimum absolute atomic E-state index is 0.0667. The van der Waals surface area contributed by atoms with E-state index in [1.54, 1.807) is 42.5 Å².